The molecule has 0 spiro atoms. The van der Waals surface area contributed by atoms with Gasteiger partial charge in [0, 0.05) is 18.3 Å². The summed E-state index contributed by atoms with van der Waals surface area (Å²) in [7, 11) is 0. The lowest BCUT2D eigenvalue weighted by Crippen LogP contribution is -2.07. The summed E-state index contributed by atoms with van der Waals surface area (Å²) in [6, 6.07) is 7.45. The predicted molar refractivity (Wildman–Crippen MR) is 108 cm³/mol. The van der Waals surface area contributed by atoms with Gasteiger partial charge in [-0.3, -0.25) is 5.10 Å². The van der Waals surface area contributed by atoms with Gasteiger partial charge in [-0.05, 0) is 31.1 Å². The highest BCUT2D eigenvalue weighted by Crippen LogP contribution is 2.31. The third-order valence-corrected chi connectivity index (χ3v) is 4.62. The third kappa shape index (κ3) is 3.29. The minimum Gasteiger partial charge on any atom is -0.384 e. The largest absolute Gasteiger partial charge is 0.384 e. The Balaban J connectivity index is 1.71. The summed E-state index contributed by atoms with van der Waals surface area (Å²) in [5.74, 6) is 2.18. The first-order valence-electron chi connectivity index (χ1n) is 9.22. The molecule has 4 aromatic heterocycles. The predicted octanol–water partition coefficient (Wildman–Crippen LogP) is 2.35. The van der Waals surface area contributed by atoms with Crippen LogP contribution in [0.4, 0.5) is 17.5 Å². The number of hydrogen-bond acceptors (Lipinski definition) is 8. The zero-order chi connectivity index (χ0) is 19.8. The Morgan fingerprint density at radius 1 is 1.17 bits per heavy atom. The van der Waals surface area contributed by atoms with Crippen molar-refractivity contribution < 1.29 is 4.74 Å². The van der Waals surface area contributed by atoms with Crippen LogP contribution in [0.1, 0.15) is 17.9 Å². The van der Waals surface area contributed by atoms with Gasteiger partial charge in [-0.2, -0.15) is 10.2 Å². The van der Waals surface area contributed by atoms with E-state index in [0.717, 1.165) is 17.7 Å². The van der Waals surface area contributed by atoms with Gasteiger partial charge in [-0.25, -0.2) is 19.5 Å². The number of nitrogen functional groups attached to an aromatic ring is 1. The molecule has 0 radical (unpaired) electrons. The first-order chi connectivity index (χ1) is 14.2. The lowest BCUT2D eigenvalue weighted by atomic mass is 10.1. The number of aromatic amines is 1. The molecule has 5 rings (SSSR count). The maximum Gasteiger partial charge on any atom is 0.162 e. The number of anilines is 3. The Morgan fingerprint density at radius 2 is 2.10 bits per heavy atom. The number of rotatable bonds is 4. The van der Waals surface area contributed by atoms with E-state index in [1.54, 1.807) is 23.7 Å². The third-order valence-electron chi connectivity index (χ3n) is 4.62. The molecule has 0 amide bonds. The maximum atomic E-state index is 5.98. The Hall–Kier alpha value is -3.79. The molecule has 4 aromatic rings. The van der Waals surface area contributed by atoms with Gasteiger partial charge in [-0.1, -0.05) is 6.08 Å². The molecule has 0 unspecified atom stereocenters. The number of nitrogens with two attached hydrogens (primary N) is 1. The molecule has 0 bridgehead atoms. The van der Waals surface area contributed by atoms with Crippen molar-refractivity contribution in [2.45, 2.75) is 13.3 Å². The van der Waals surface area contributed by atoms with Gasteiger partial charge in [0.15, 0.2) is 17.3 Å². The van der Waals surface area contributed by atoms with Crippen LogP contribution in [0.15, 0.2) is 36.5 Å². The van der Waals surface area contributed by atoms with Crippen molar-refractivity contribution >= 4 is 28.7 Å². The average molecular weight is 389 g/mol. The van der Waals surface area contributed by atoms with E-state index in [1.807, 2.05) is 18.2 Å². The van der Waals surface area contributed by atoms with Gasteiger partial charge < -0.3 is 15.8 Å². The Kier molecular flexibility index (Phi) is 4.17. The van der Waals surface area contributed by atoms with E-state index in [1.165, 1.54) is 0 Å². The number of aromatic nitrogens is 7. The first kappa shape index (κ1) is 17.3. The van der Waals surface area contributed by atoms with E-state index in [0.29, 0.717) is 53.5 Å². The summed E-state index contributed by atoms with van der Waals surface area (Å²) in [5.41, 5.74) is 10.0. The maximum absolute atomic E-state index is 5.98. The number of aryl methyl sites for hydroxylation is 1. The number of ether oxygens (including phenoxy) is 1. The summed E-state index contributed by atoms with van der Waals surface area (Å²) in [6.45, 7) is 3.09. The van der Waals surface area contributed by atoms with Crippen molar-refractivity contribution in [2.24, 2.45) is 0 Å². The zero-order valence-electron chi connectivity index (χ0n) is 15.8. The SMILES string of the molecule is Cc1nc(N)cc(-c2c(Nc3cc[nH]n3)nc3ccc(C4=CCOCC4)nn23)n1. The van der Waals surface area contributed by atoms with Crippen molar-refractivity contribution in [3.8, 4) is 11.4 Å². The first-order valence-corrected chi connectivity index (χ1v) is 9.22. The molecule has 10 nitrogen and oxygen atoms in total. The molecule has 0 fully saturated rings. The zero-order valence-corrected chi connectivity index (χ0v) is 15.8. The van der Waals surface area contributed by atoms with Gasteiger partial charge >= 0.3 is 0 Å². The molecular weight excluding hydrogens is 370 g/mol. The summed E-state index contributed by atoms with van der Waals surface area (Å²) in [6.07, 6.45) is 4.61. The summed E-state index contributed by atoms with van der Waals surface area (Å²) in [5, 5.41) is 15.0. The van der Waals surface area contributed by atoms with Gasteiger partial charge in [0.1, 0.15) is 17.3 Å². The fourth-order valence-corrected chi connectivity index (χ4v) is 3.34. The Morgan fingerprint density at radius 3 is 2.86 bits per heavy atom. The summed E-state index contributed by atoms with van der Waals surface area (Å²) < 4.78 is 7.20. The van der Waals surface area contributed by atoms with Gasteiger partial charge in [0.25, 0.3) is 0 Å². The number of H-pyrrole nitrogens is 1. The Bertz CT molecular complexity index is 1190. The van der Waals surface area contributed by atoms with E-state index in [2.05, 4.69) is 31.6 Å². The molecule has 0 aliphatic carbocycles. The molecule has 0 saturated carbocycles. The monoisotopic (exact) mass is 389 g/mol. The Labute approximate surface area is 165 Å². The number of fused-ring (bicyclic) bond motifs is 1. The molecule has 146 valence electrons. The second kappa shape index (κ2) is 6.99. The number of hydrogen-bond donors (Lipinski definition) is 3. The fraction of sp³-hybridized carbons (Fsp3) is 0.211. The van der Waals surface area contributed by atoms with E-state index < -0.39 is 0 Å². The van der Waals surface area contributed by atoms with Crippen LogP contribution in [-0.2, 0) is 4.74 Å². The molecule has 0 atom stereocenters. The van der Waals surface area contributed by atoms with Gasteiger partial charge in [0.05, 0.1) is 24.6 Å². The van der Waals surface area contributed by atoms with Gasteiger partial charge in [0.2, 0.25) is 0 Å². The molecular formula is C19H19N9O. The number of imidazole rings is 1. The van der Waals surface area contributed by atoms with E-state index in [-0.39, 0.29) is 0 Å². The molecule has 1 aliphatic rings. The number of nitrogens with zero attached hydrogens (tertiary/aromatic N) is 6. The van der Waals surface area contributed by atoms with Crippen molar-refractivity contribution in [3.05, 3.63) is 48.1 Å². The topological polar surface area (TPSA) is 132 Å². The lowest BCUT2D eigenvalue weighted by Gasteiger charge is -2.13. The lowest BCUT2D eigenvalue weighted by molar-refractivity contribution is 0.161. The summed E-state index contributed by atoms with van der Waals surface area (Å²) >= 11 is 0. The standard InChI is InChI=1S/C19H19N9O/c1-11-22-14(10-15(20)23-11)18-19(24-16-4-7-21-26-16)25-17-3-2-13(27-28(17)18)12-5-8-29-9-6-12/h2-5,7,10H,6,8-9H2,1H3,(H2,20,22,23)(H2,21,24,26). The van der Waals surface area contributed by atoms with Crippen molar-refractivity contribution in [2.75, 3.05) is 24.3 Å². The van der Waals surface area contributed by atoms with Crippen molar-refractivity contribution in [1.82, 2.24) is 34.8 Å². The minimum absolute atomic E-state index is 0.386. The van der Waals surface area contributed by atoms with Crippen LogP contribution >= 0.6 is 0 Å². The van der Waals surface area contributed by atoms with E-state index in [4.69, 9.17) is 20.6 Å². The smallest absolute Gasteiger partial charge is 0.162 e. The van der Waals surface area contributed by atoms with Crippen LogP contribution in [-0.4, -0.2) is 48.0 Å². The molecule has 0 saturated heterocycles. The molecule has 4 N–H and O–H groups in total. The van der Waals surface area contributed by atoms with Crippen LogP contribution in [0.5, 0.6) is 0 Å². The van der Waals surface area contributed by atoms with E-state index in [9.17, 15) is 0 Å². The van der Waals surface area contributed by atoms with Crippen LogP contribution in [0.25, 0.3) is 22.6 Å². The van der Waals surface area contributed by atoms with E-state index >= 15 is 0 Å². The van der Waals surface area contributed by atoms with Crippen molar-refractivity contribution in [1.29, 1.82) is 0 Å². The highest BCUT2D eigenvalue weighted by atomic mass is 16.5. The van der Waals surface area contributed by atoms with Crippen molar-refractivity contribution in [3.63, 3.8) is 0 Å². The number of nitrogens with one attached hydrogen (secondary N) is 2. The summed E-state index contributed by atoms with van der Waals surface area (Å²) in [4.78, 5) is 13.4. The second-order valence-corrected chi connectivity index (χ2v) is 6.66. The molecule has 1 aliphatic heterocycles. The average Bonchev–Trinajstić information content (AvgIpc) is 3.35. The molecule has 29 heavy (non-hydrogen) atoms. The molecule has 10 heteroatoms. The highest BCUT2D eigenvalue weighted by molar-refractivity contribution is 5.78. The fourth-order valence-electron chi connectivity index (χ4n) is 3.34. The molecule has 0 aromatic carbocycles. The normalized spacial score (nSPS) is 14.2. The van der Waals surface area contributed by atoms with Crippen LogP contribution in [0, 0.1) is 6.92 Å². The van der Waals surface area contributed by atoms with Gasteiger partial charge in [-0.15, -0.1) is 0 Å². The minimum atomic E-state index is 0.386. The van der Waals surface area contributed by atoms with Crippen LogP contribution in [0.3, 0.4) is 0 Å². The van der Waals surface area contributed by atoms with Crippen LogP contribution in [0.2, 0.25) is 0 Å². The van der Waals surface area contributed by atoms with Crippen LogP contribution < -0.4 is 11.1 Å². The highest BCUT2D eigenvalue weighted by Gasteiger charge is 2.20. The second-order valence-electron chi connectivity index (χ2n) is 6.66. The quantitative estimate of drug-likeness (QED) is 0.484. The molecule has 5 heterocycles.